The average molecular weight is 288 g/mol. The number of anilines is 1. The van der Waals surface area contributed by atoms with Crippen molar-refractivity contribution in [3.05, 3.63) is 50.0 Å². The molecule has 1 N–H and O–H groups in total. The number of non-ortho nitro benzene ring substituents is 1. The molecule has 1 atom stereocenters. The van der Waals surface area contributed by atoms with Gasteiger partial charge >= 0.3 is 0 Å². The summed E-state index contributed by atoms with van der Waals surface area (Å²) in [5.74, 6) is 0. The van der Waals surface area contributed by atoms with E-state index in [-0.39, 0.29) is 17.3 Å². The fraction of sp³-hybridized carbons (Fsp3) is 0.231. The van der Waals surface area contributed by atoms with Crippen LogP contribution in [0.15, 0.2) is 23.7 Å². The van der Waals surface area contributed by atoms with Crippen LogP contribution in [0, 0.1) is 28.4 Å². The van der Waals surface area contributed by atoms with Crippen LogP contribution in [0.4, 0.5) is 11.4 Å². The molecule has 0 fully saturated rings. The zero-order valence-corrected chi connectivity index (χ0v) is 11.8. The van der Waals surface area contributed by atoms with Gasteiger partial charge in [-0.3, -0.25) is 10.1 Å². The van der Waals surface area contributed by atoms with Gasteiger partial charge in [0.1, 0.15) is 6.07 Å². The number of aromatic nitrogens is 1. The van der Waals surface area contributed by atoms with Crippen molar-refractivity contribution in [3.63, 3.8) is 0 Å². The van der Waals surface area contributed by atoms with Crippen LogP contribution in [0.25, 0.3) is 0 Å². The Bertz CT molecular complexity index is 690. The van der Waals surface area contributed by atoms with Crippen LogP contribution in [0.1, 0.15) is 29.1 Å². The van der Waals surface area contributed by atoms with Gasteiger partial charge in [-0.25, -0.2) is 4.98 Å². The van der Waals surface area contributed by atoms with Crippen LogP contribution in [-0.2, 0) is 0 Å². The van der Waals surface area contributed by atoms with Gasteiger partial charge in [0, 0.05) is 17.0 Å². The van der Waals surface area contributed by atoms with Gasteiger partial charge in [0.05, 0.1) is 33.4 Å². The largest absolute Gasteiger partial charge is 0.377 e. The van der Waals surface area contributed by atoms with Gasteiger partial charge in [-0.15, -0.1) is 11.3 Å². The molecule has 0 aliphatic rings. The minimum atomic E-state index is -0.513. The lowest BCUT2D eigenvalue weighted by atomic mass is 10.1. The average Bonchev–Trinajstić information content (AvgIpc) is 2.85. The van der Waals surface area contributed by atoms with Gasteiger partial charge < -0.3 is 5.32 Å². The monoisotopic (exact) mass is 288 g/mol. The molecule has 7 heteroatoms. The predicted molar refractivity (Wildman–Crippen MR) is 76.7 cm³/mol. The summed E-state index contributed by atoms with van der Waals surface area (Å²) < 4.78 is 0. The molecule has 2 aromatic rings. The lowest BCUT2D eigenvalue weighted by molar-refractivity contribution is -0.384. The van der Waals surface area contributed by atoms with Crippen LogP contribution in [0.5, 0.6) is 0 Å². The number of benzene rings is 1. The predicted octanol–water partition coefficient (Wildman–Crippen LogP) is 3.40. The molecule has 1 heterocycles. The highest BCUT2D eigenvalue weighted by atomic mass is 32.1. The fourth-order valence-corrected chi connectivity index (χ4v) is 2.70. The summed E-state index contributed by atoms with van der Waals surface area (Å²) >= 11 is 1.53. The van der Waals surface area contributed by atoms with Crippen molar-refractivity contribution in [2.75, 3.05) is 5.32 Å². The number of nitriles is 1. The van der Waals surface area contributed by atoms with Gasteiger partial charge in [-0.2, -0.15) is 5.26 Å². The topological polar surface area (TPSA) is 91.8 Å². The van der Waals surface area contributed by atoms with Crippen molar-refractivity contribution < 1.29 is 4.92 Å². The number of hydrogen-bond acceptors (Lipinski definition) is 6. The second kappa shape index (κ2) is 5.67. The zero-order valence-electron chi connectivity index (χ0n) is 11.0. The lowest BCUT2D eigenvalue weighted by Crippen LogP contribution is -2.07. The van der Waals surface area contributed by atoms with Crippen molar-refractivity contribution in [2.45, 2.75) is 19.9 Å². The van der Waals surface area contributed by atoms with E-state index < -0.39 is 4.92 Å². The minimum Gasteiger partial charge on any atom is -0.377 e. The normalized spacial score (nSPS) is 11.7. The summed E-state index contributed by atoms with van der Waals surface area (Å²) in [6.45, 7) is 3.88. The van der Waals surface area contributed by atoms with Gasteiger partial charge in [0.15, 0.2) is 0 Å². The molecule has 20 heavy (non-hydrogen) atoms. The number of nitro groups is 1. The molecule has 0 radical (unpaired) electrons. The lowest BCUT2D eigenvalue weighted by Gasteiger charge is -2.15. The number of nitrogens with one attached hydrogen (secondary N) is 1. The summed E-state index contributed by atoms with van der Waals surface area (Å²) in [5.41, 5.74) is 3.46. The Morgan fingerprint density at radius 1 is 1.55 bits per heavy atom. The summed E-state index contributed by atoms with van der Waals surface area (Å²) in [6, 6.07) is 6.18. The first kappa shape index (κ1) is 14.0. The summed E-state index contributed by atoms with van der Waals surface area (Å²) in [7, 11) is 0. The van der Waals surface area contributed by atoms with Crippen LogP contribution < -0.4 is 5.32 Å². The van der Waals surface area contributed by atoms with Crippen LogP contribution >= 0.6 is 11.3 Å². The Labute approximate surface area is 119 Å². The van der Waals surface area contributed by atoms with E-state index in [1.807, 2.05) is 19.9 Å². The Morgan fingerprint density at radius 2 is 2.30 bits per heavy atom. The highest BCUT2D eigenvalue weighted by Crippen LogP contribution is 2.28. The third kappa shape index (κ3) is 2.75. The Hall–Kier alpha value is -2.46. The molecule has 1 unspecified atom stereocenters. The fourth-order valence-electron chi connectivity index (χ4n) is 1.89. The molecule has 0 spiro atoms. The van der Waals surface area contributed by atoms with E-state index in [2.05, 4.69) is 10.3 Å². The molecule has 6 nitrogen and oxygen atoms in total. The van der Waals surface area contributed by atoms with Crippen molar-refractivity contribution >= 4 is 22.7 Å². The first-order valence-corrected chi connectivity index (χ1v) is 6.76. The quantitative estimate of drug-likeness (QED) is 0.687. The first-order valence-electron chi connectivity index (χ1n) is 5.88. The van der Waals surface area contributed by atoms with Gasteiger partial charge in [0.25, 0.3) is 5.69 Å². The molecule has 1 aromatic heterocycles. The third-order valence-electron chi connectivity index (χ3n) is 2.88. The highest BCUT2D eigenvalue weighted by Gasteiger charge is 2.15. The number of hydrogen-bond donors (Lipinski definition) is 1. The number of aryl methyl sites for hydroxylation is 1. The van der Waals surface area contributed by atoms with E-state index in [9.17, 15) is 10.1 Å². The summed E-state index contributed by atoms with van der Waals surface area (Å²) in [4.78, 5) is 15.5. The van der Waals surface area contributed by atoms with E-state index in [0.29, 0.717) is 5.69 Å². The Morgan fingerprint density at radius 3 is 2.85 bits per heavy atom. The third-order valence-corrected chi connectivity index (χ3v) is 4.00. The SMILES string of the molecule is Cc1ncsc1C(C)Nc1ccc([N+](=O)[O-])cc1C#N. The smallest absolute Gasteiger partial charge is 0.270 e. The summed E-state index contributed by atoms with van der Waals surface area (Å²) in [5, 5.41) is 23.0. The van der Waals surface area contributed by atoms with E-state index in [1.165, 1.54) is 23.5 Å². The number of nitrogens with zero attached hydrogens (tertiary/aromatic N) is 3. The molecule has 2 rings (SSSR count). The van der Waals surface area contributed by atoms with Crippen LogP contribution in [0.2, 0.25) is 0 Å². The van der Waals surface area contributed by atoms with Gasteiger partial charge in [-0.1, -0.05) is 0 Å². The number of thiazole rings is 1. The van der Waals surface area contributed by atoms with E-state index >= 15 is 0 Å². The molecule has 0 saturated carbocycles. The Balaban J connectivity index is 2.28. The standard InChI is InChI=1S/C13H12N4O2S/c1-8-13(20-7-15-8)9(2)16-12-4-3-11(17(18)19)5-10(12)6-14/h3-5,7,9,16H,1-2H3. The first-order chi connectivity index (χ1) is 9.52. The van der Waals surface area contributed by atoms with Crippen molar-refractivity contribution in [1.29, 1.82) is 5.26 Å². The molecular weight excluding hydrogens is 276 g/mol. The van der Waals surface area contributed by atoms with Gasteiger partial charge in [0.2, 0.25) is 0 Å². The maximum absolute atomic E-state index is 10.7. The van der Waals surface area contributed by atoms with E-state index in [0.717, 1.165) is 10.6 Å². The zero-order chi connectivity index (χ0) is 14.7. The molecule has 0 amide bonds. The van der Waals surface area contributed by atoms with Crippen molar-refractivity contribution in [2.24, 2.45) is 0 Å². The summed E-state index contributed by atoms with van der Waals surface area (Å²) in [6.07, 6.45) is 0. The van der Waals surface area contributed by atoms with Crippen molar-refractivity contribution in [3.8, 4) is 6.07 Å². The molecule has 0 aliphatic heterocycles. The molecule has 102 valence electrons. The number of rotatable bonds is 4. The Kier molecular flexibility index (Phi) is 3.96. The molecule has 0 saturated heterocycles. The number of nitro benzene ring substituents is 1. The molecule has 1 aromatic carbocycles. The maximum atomic E-state index is 10.7. The van der Waals surface area contributed by atoms with Crippen LogP contribution in [0.3, 0.4) is 0 Å². The molecule has 0 aliphatic carbocycles. The van der Waals surface area contributed by atoms with E-state index in [1.54, 1.807) is 11.6 Å². The van der Waals surface area contributed by atoms with Gasteiger partial charge in [-0.05, 0) is 19.9 Å². The highest BCUT2D eigenvalue weighted by molar-refractivity contribution is 7.09. The van der Waals surface area contributed by atoms with E-state index in [4.69, 9.17) is 5.26 Å². The van der Waals surface area contributed by atoms with Crippen LogP contribution in [-0.4, -0.2) is 9.91 Å². The molecular formula is C13H12N4O2S. The second-order valence-electron chi connectivity index (χ2n) is 4.27. The molecule has 0 bridgehead atoms. The second-order valence-corrected chi connectivity index (χ2v) is 5.15. The van der Waals surface area contributed by atoms with Crippen molar-refractivity contribution in [1.82, 2.24) is 4.98 Å². The minimum absolute atomic E-state index is 0.0175. The maximum Gasteiger partial charge on any atom is 0.270 e.